The molecule has 0 aliphatic heterocycles. The average molecular weight is 196 g/mol. The number of nitrogens with two attached hydrogens (primary N) is 1. The molecule has 0 unspecified atom stereocenters. The molecular formula is C10H16N2O2. The Balaban J connectivity index is 2.80. The summed E-state index contributed by atoms with van der Waals surface area (Å²) in [6.45, 7) is 7.19. The van der Waals surface area contributed by atoms with E-state index >= 15 is 0 Å². The molecule has 0 saturated heterocycles. The molecule has 1 rings (SSSR count). The fourth-order valence-electron chi connectivity index (χ4n) is 1.08. The molecule has 4 heteroatoms. The first kappa shape index (κ1) is 10.9. The predicted octanol–water partition coefficient (Wildman–Crippen LogP) is 1.60. The van der Waals surface area contributed by atoms with Crippen molar-refractivity contribution in [2.24, 2.45) is 5.73 Å². The van der Waals surface area contributed by atoms with Gasteiger partial charge in [0.15, 0.2) is 0 Å². The van der Waals surface area contributed by atoms with Gasteiger partial charge in [-0.15, -0.1) is 0 Å². The minimum atomic E-state index is -0.520. The van der Waals surface area contributed by atoms with Crippen LogP contribution in [0.25, 0.3) is 0 Å². The summed E-state index contributed by atoms with van der Waals surface area (Å²) >= 11 is 0. The highest BCUT2D eigenvalue weighted by Crippen LogP contribution is 2.13. The van der Waals surface area contributed by atoms with Gasteiger partial charge in [0, 0.05) is 12.0 Å². The third-order valence-corrected chi connectivity index (χ3v) is 1.88. The van der Waals surface area contributed by atoms with E-state index in [1.165, 1.54) is 0 Å². The van der Waals surface area contributed by atoms with E-state index in [0.29, 0.717) is 5.76 Å². The Morgan fingerprint density at radius 3 is 2.43 bits per heavy atom. The fourth-order valence-corrected chi connectivity index (χ4v) is 1.08. The van der Waals surface area contributed by atoms with Crippen LogP contribution in [0.15, 0.2) is 4.42 Å². The number of ketones is 1. The highest BCUT2D eigenvalue weighted by atomic mass is 16.4. The van der Waals surface area contributed by atoms with Crippen LogP contribution in [0.2, 0.25) is 0 Å². The Bertz CT molecular complexity index is 328. The summed E-state index contributed by atoms with van der Waals surface area (Å²) in [5.74, 6) is 0.704. The maximum atomic E-state index is 11.6. The Morgan fingerprint density at radius 1 is 1.50 bits per heavy atom. The first-order valence-corrected chi connectivity index (χ1v) is 4.56. The zero-order chi connectivity index (χ0) is 10.9. The Kier molecular flexibility index (Phi) is 2.76. The average Bonchev–Trinajstić information content (AvgIpc) is 2.28. The van der Waals surface area contributed by atoms with Gasteiger partial charge in [-0.25, -0.2) is 4.98 Å². The van der Waals surface area contributed by atoms with E-state index in [4.69, 9.17) is 10.2 Å². The summed E-state index contributed by atoms with van der Waals surface area (Å²) < 4.78 is 5.21. The van der Waals surface area contributed by atoms with E-state index in [0.717, 1.165) is 5.69 Å². The zero-order valence-corrected chi connectivity index (χ0v) is 9.05. The van der Waals surface area contributed by atoms with Gasteiger partial charge in [0.2, 0.25) is 5.78 Å². The molecule has 0 aliphatic rings. The van der Waals surface area contributed by atoms with E-state index in [2.05, 4.69) is 4.98 Å². The van der Waals surface area contributed by atoms with Crippen LogP contribution in [0.4, 0.5) is 0 Å². The topological polar surface area (TPSA) is 69.1 Å². The monoisotopic (exact) mass is 196 g/mol. The van der Waals surface area contributed by atoms with Crippen LogP contribution >= 0.6 is 0 Å². The summed E-state index contributed by atoms with van der Waals surface area (Å²) in [7, 11) is 0. The minimum Gasteiger partial charge on any atom is -0.439 e. The van der Waals surface area contributed by atoms with Crippen molar-refractivity contribution in [2.75, 3.05) is 0 Å². The molecule has 0 radical (unpaired) electrons. The Morgan fingerprint density at radius 2 is 2.07 bits per heavy atom. The van der Waals surface area contributed by atoms with E-state index in [9.17, 15) is 4.79 Å². The lowest BCUT2D eigenvalue weighted by atomic mass is 9.99. The number of carbonyl (C=O) groups excluding carboxylic acids is 1. The van der Waals surface area contributed by atoms with Gasteiger partial charge in [0.05, 0.1) is 5.69 Å². The van der Waals surface area contributed by atoms with Crippen LogP contribution in [-0.2, 0) is 0 Å². The third-order valence-electron chi connectivity index (χ3n) is 1.88. The second-order valence-electron chi connectivity index (χ2n) is 4.25. The van der Waals surface area contributed by atoms with Crippen LogP contribution in [0, 0.1) is 13.8 Å². The van der Waals surface area contributed by atoms with Gasteiger partial charge in [0.25, 0.3) is 5.89 Å². The predicted molar refractivity (Wildman–Crippen MR) is 53.2 cm³/mol. The van der Waals surface area contributed by atoms with Gasteiger partial charge in [0.1, 0.15) is 5.76 Å². The van der Waals surface area contributed by atoms with E-state index in [-0.39, 0.29) is 18.1 Å². The number of hydrogen-bond donors (Lipinski definition) is 1. The van der Waals surface area contributed by atoms with Crippen LogP contribution < -0.4 is 5.73 Å². The van der Waals surface area contributed by atoms with Gasteiger partial charge >= 0.3 is 0 Å². The van der Waals surface area contributed by atoms with E-state index in [1.54, 1.807) is 20.8 Å². The molecule has 1 aromatic heterocycles. The lowest BCUT2D eigenvalue weighted by Crippen LogP contribution is -2.34. The number of oxazole rings is 1. The Hall–Kier alpha value is -1.16. The van der Waals surface area contributed by atoms with Gasteiger partial charge in [-0.05, 0) is 27.7 Å². The molecule has 1 heterocycles. The standard InChI is InChI=1S/C10H16N2O2/c1-6-7(2)14-9(12-6)8(13)5-10(3,4)11/h5,11H2,1-4H3. The number of aryl methyl sites for hydroxylation is 2. The second-order valence-corrected chi connectivity index (χ2v) is 4.25. The molecule has 0 atom stereocenters. The SMILES string of the molecule is Cc1nc(C(=O)CC(C)(C)N)oc1C. The zero-order valence-electron chi connectivity index (χ0n) is 9.05. The maximum Gasteiger partial charge on any atom is 0.263 e. The van der Waals surface area contributed by atoms with Crippen molar-refractivity contribution in [3.8, 4) is 0 Å². The molecule has 2 N–H and O–H groups in total. The van der Waals surface area contributed by atoms with Gasteiger partial charge in [-0.1, -0.05) is 0 Å². The summed E-state index contributed by atoms with van der Waals surface area (Å²) in [4.78, 5) is 15.6. The lowest BCUT2D eigenvalue weighted by Gasteiger charge is -2.15. The number of Topliss-reactive ketones (excluding diaryl/α,β-unsaturated/α-hetero) is 1. The van der Waals surface area contributed by atoms with Crippen molar-refractivity contribution in [3.05, 3.63) is 17.3 Å². The van der Waals surface area contributed by atoms with Crippen molar-refractivity contribution in [2.45, 2.75) is 39.7 Å². The molecule has 14 heavy (non-hydrogen) atoms. The summed E-state index contributed by atoms with van der Waals surface area (Å²) in [6, 6.07) is 0. The third kappa shape index (κ3) is 2.67. The van der Waals surface area contributed by atoms with E-state index in [1.807, 2.05) is 6.92 Å². The highest BCUT2D eigenvalue weighted by Gasteiger charge is 2.21. The van der Waals surface area contributed by atoms with Crippen molar-refractivity contribution in [1.29, 1.82) is 0 Å². The fraction of sp³-hybridized carbons (Fsp3) is 0.600. The van der Waals surface area contributed by atoms with Gasteiger partial charge < -0.3 is 10.2 Å². The smallest absolute Gasteiger partial charge is 0.263 e. The lowest BCUT2D eigenvalue weighted by molar-refractivity contribution is 0.0925. The molecule has 0 spiro atoms. The molecule has 1 aromatic rings. The van der Waals surface area contributed by atoms with Gasteiger partial charge in [-0.3, -0.25) is 4.79 Å². The molecule has 0 fully saturated rings. The summed E-state index contributed by atoms with van der Waals surface area (Å²) in [6.07, 6.45) is 0.242. The molecular weight excluding hydrogens is 180 g/mol. The van der Waals surface area contributed by atoms with Crippen molar-refractivity contribution in [3.63, 3.8) is 0 Å². The maximum absolute atomic E-state index is 11.6. The van der Waals surface area contributed by atoms with Crippen LogP contribution in [0.5, 0.6) is 0 Å². The van der Waals surface area contributed by atoms with Crippen LogP contribution in [0.3, 0.4) is 0 Å². The van der Waals surface area contributed by atoms with Crippen molar-refractivity contribution in [1.82, 2.24) is 4.98 Å². The Labute approximate surface area is 83.5 Å². The van der Waals surface area contributed by atoms with Crippen LogP contribution in [0.1, 0.15) is 42.4 Å². The van der Waals surface area contributed by atoms with Crippen molar-refractivity contribution >= 4 is 5.78 Å². The quantitative estimate of drug-likeness (QED) is 0.745. The number of carbonyl (C=O) groups is 1. The normalized spacial score (nSPS) is 11.8. The second kappa shape index (κ2) is 3.53. The summed E-state index contributed by atoms with van der Waals surface area (Å²) in [5, 5.41) is 0. The molecule has 0 amide bonds. The molecule has 78 valence electrons. The molecule has 4 nitrogen and oxygen atoms in total. The first-order chi connectivity index (χ1) is 6.29. The number of aromatic nitrogens is 1. The molecule has 0 aliphatic carbocycles. The molecule has 0 saturated carbocycles. The highest BCUT2D eigenvalue weighted by molar-refractivity contribution is 5.92. The number of hydrogen-bond acceptors (Lipinski definition) is 4. The number of nitrogens with zero attached hydrogens (tertiary/aromatic N) is 1. The minimum absolute atomic E-state index is 0.145. The molecule has 0 bridgehead atoms. The largest absolute Gasteiger partial charge is 0.439 e. The van der Waals surface area contributed by atoms with E-state index < -0.39 is 5.54 Å². The van der Waals surface area contributed by atoms with Crippen LogP contribution in [-0.4, -0.2) is 16.3 Å². The first-order valence-electron chi connectivity index (χ1n) is 4.56. The number of rotatable bonds is 3. The van der Waals surface area contributed by atoms with Gasteiger partial charge in [-0.2, -0.15) is 0 Å². The van der Waals surface area contributed by atoms with Crippen molar-refractivity contribution < 1.29 is 9.21 Å². The summed E-state index contributed by atoms with van der Waals surface area (Å²) in [5.41, 5.74) is 5.96. The molecule has 0 aromatic carbocycles.